The molecule has 2 aromatic carbocycles. The minimum atomic E-state index is -0.124. The number of hydrogen-bond donors (Lipinski definition) is 1. The Balaban J connectivity index is 1.52. The van der Waals surface area contributed by atoms with E-state index in [1.165, 1.54) is 0 Å². The number of carbonyl (C=O) groups is 1. The van der Waals surface area contributed by atoms with Crippen LogP contribution in [0.15, 0.2) is 66.9 Å². The van der Waals surface area contributed by atoms with Gasteiger partial charge in [0.1, 0.15) is 5.75 Å². The van der Waals surface area contributed by atoms with Crippen molar-refractivity contribution in [3.05, 3.63) is 89.1 Å². The molecule has 186 valence electrons. The van der Waals surface area contributed by atoms with E-state index < -0.39 is 0 Å². The number of hydrogen-bond acceptors (Lipinski definition) is 6. The first kappa shape index (κ1) is 25.2. The normalized spacial score (nSPS) is 16.4. The molecule has 36 heavy (non-hydrogen) atoms. The number of aromatic nitrogens is 1. The minimum Gasteiger partial charge on any atom is -0.494 e. The Kier molecular flexibility index (Phi) is 8.19. The van der Waals surface area contributed by atoms with Gasteiger partial charge < -0.3 is 14.8 Å². The highest BCUT2D eigenvalue weighted by molar-refractivity contribution is 5.94. The monoisotopic (exact) mass is 484 g/mol. The van der Waals surface area contributed by atoms with Gasteiger partial charge in [0.05, 0.1) is 30.4 Å². The smallest absolute Gasteiger partial charge is 0.251 e. The average Bonchev–Trinajstić information content (AvgIpc) is 3.34. The molecular weight excluding hydrogens is 452 g/mol. The van der Waals surface area contributed by atoms with E-state index >= 15 is 0 Å². The third-order valence-electron chi connectivity index (χ3n) is 6.13. The Morgan fingerprint density at radius 1 is 1.11 bits per heavy atom. The molecule has 0 spiro atoms. The Morgan fingerprint density at radius 2 is 1.83 bits per heavy atom. The fourth-order valence-corrected chi connectivity index (χ4v) is 4.50. The second-order valence-corrected chi connectivity index (χ2v) is 9.14. The number of benzene rings is 2. The Hall–Kier alpha value is -3.89. The highest BCUT2D eigenvalue weighted by Crippen LogP contribution is 2.33. The summed E-state index contributed by atoms with van der Waals surface area (Å²) in [7, 11) is 0. The molecule has 1 aliphatic rings. The molecule has 1 unspecified atom stereocenters. The van der Waals surface area contributed by atoms with Crippen LogP contribution in [0, 0.1) is 11.3 Å². The van der Waals surface area contributed by atoms with Crippen molar-refractivity contribution in [3.63, 3.8) is 0 Å². The molecule has 3 aromatic rings. The number of pyridine rings is 1. The van der Waals surface area contributed by atoms with Gasteiger partial charge in [-0.2, -0.15) is 5.26 Å². The van der Waals surface area contributed by atoms with E-state index in [4.69, 9.17) is 14.7 Å². The topological polar surface area (TPSA) is 87.5 Å². The van der Waals surface area contributed by atoms with Crippen LogP contribution in [0.5, 0.6) is 11.6 Å². The molecule has 4 rings (SSSR count). The van der Waals surface area contributed by atoms with Crippen LogP contribution in [0.4, 0.5) is 0 Å². The zero-order valence-electron chi connectivity index (χ0n) is 21.0. The molecule has 1 aromatic heterocycles. The lowest BCUT2D eigenvalue weighted by atomic mass is 9.98. The minimum absolute atomic E-state index is 0.0157. The lowest BCUT2D eigenvalue weighted by Gasteiger charge is -2.29. The molecule has 1 aliphatic heterocycles. The Morgan fingerprint density at radius 3 is 2.44 bits per heavy atom. The van der Waals surface area contributed by atoms with Crippen LogP contribution >= 0.6 is 0 Å². The van der Waals surface area contributed by atoms with Gasteiger partial charge in [0.25, 0.3) is 5.91 Å². The molecule has 7 heteroatoms. The number of amides is 1. The maximum atomic E-state index is 12.8. The van der Waals surface area contributed by atoms with Crippen molar-refractivity contribution in [2.24, 2.45) is 0 Å². The summed E-state index contributed by atoms with van der Waals surface area (Å²) < 4.78 is 11.4. The summed E-state index contributed by atoms with van der Waals surface area (Å²) in [4.78, 5) is 19.7. The van der Waals surface area contributed by atoms with Crippen LogP contribution < -0.4 is 14.8 Å². The third kappa shape index (κ3) is 6.21. The van der Waals surface area contributed by atoms with Gasteiger partial charge in [0.15, 0.2) is 0 Å². The van der Waals surface area contributed by atoms with Gasteiger partial charge in [-0.3, -0.25) is 9.69 Å². The fraction of sp³-hybridized carbons (Fsp3) is 0.345. The first-order valence-electron chi connectivity index (χ1n) is 12.4. The molecule has 0 saturated carbocycles. The number of carbonyl (C=O) groups excluding carboxylic acids is 1. The second kappa shape index (κ2) is 11.7. The van der Waals surface area contributed by atoms with Gasteiger partial charge in [0, 0.05) is 37.0 Å². The van der Waals surface area contributed by atoms with Crippen molar-refractivity contribution in [2.45, 2.75) is 45.4 Å². The Labute approximate surface area is 212 Å². The fourth-order valence-electron chi connectivity index (χ4n) is 4.50. The maximum Gasteiger partial charge on any atom is 0.251 e. The van der Waals surface area contributed by atoms with E-state index in [-0.39, 0.29) is 24.1 Å². The number of ether oxygens (including phenoxy) is 2. The summed E-state index contributed by atoms with van der Waals surface area (Å²) in [5.74, 6) is 1.32. The molecule has 0 aliphatic carbocycles. The van der Waals surface area contributed by atoms with E-state index in [2.05, 4.69) is 39.5 Å². The van der Waals surface area contributed by atoms with Crippen LogP contribution in [-0.4, -0.2) is 47.6 Å². The molecule has 2 atom stereocenters. The molecule has 1 N–H and O–H groups in total. The summed E-state index contributed by atoms with van der Waals surface area (Å²) in [6.07, 6.45) is 2.78. The summed E-state index contributed by atoms with van der Waals surface area (Å²) in [5, 5.41) is 12.1. The molecule has 1 amide bonds. The predicted octanol–water partition coefficient (Wildman–Crippen LogP) is 4.73. The van der Waals surface area contributed by atoms with Crippen LogP contribution in [0.1, 0.15) is 60.3 Å². The third-order valence-corrected chi connectivity index (χ3v) is 6.13. The van der Waals surface area contributed by atoms with E-state index in [9.17, 15) is 4.79 Å². The van der Waals surface area contributed by atoms with Crippen molar-refractivity contribution in [2.75, 3.05) is 19.7 Å². The van der Waals surface area contributed by atoms with E-state index in [1.807, 2.05) is 45.2 Å². The van der Waals surface area contributed by atoms with Crippen LogP contribution in [0.3, 0.4) is 0 Å². The average molecular weight is 485 g/mol. The second-order valence-electron chi connectivity index (χ2n) is 9.14. The molecule has 0 radical (unpaired) electrons. The standard InChI is InChI=1S/C29H32N4O3/c1-4-35-26-12-9-22(10-13-26)28(24-11-14-27(31-18-24)36-20(2)3)33-16-15-25(19-33)32-29(34)23-7-5-21(17-30)6-8-23/h5-14,18,20,25,28H,4,15-16,19H2,1-3H3,(H,32,34)/t25-,28?/m1/s1. The zero-order chi connectivity index (χ0) is 25.5. The first-order chi connectivity index (χ1) is 17.5. The van der Waals surface area contributed by atoms with Crippen LogP contribution in [-0.2, 0) is 0 Å². The maximum absolute atomic E-state index is 12.8. The Bertz CT molecular complexity index is 1190. The molecular formula is C29H32N4O3. The van der Waals surface area contributed by atoms with E-state index in [0.29, 0.717) is 30.2 Å². The van der Waals surface area contributed by atoms with E-state index in [0.717, 1.165) is 29.8 Å². The van der Waals surface area contributed by atoms with Crippen molar-refractivity contribution < 1.29 is 14.3 Å². The molecule has 2 heterocycles. The van der Waals surface area contributed by atoms with Crippen molar-refractivity contribution in [1.29, 1.82) is 5.26 Å². The zero-order valence-corrected chi connectivity index (χ0v) is 21.0. The molecule has 1 saturated heterocycles. The van der Waals surface area contributed by atoms with Gasteiger partial charge in [-0.15, -0.1) is 0 Å². The summed E-state index contributed by atoms with van der Waals surface area (Å²) in [6, 6.07) is 21.0. The molecule has 7 nitrogen and oxygen atoms in total. The van der Waals surface area contributed by atoms with Crippen LogP contribution in [0.2, 0.25) is 0 Å². The highest BCUT2D eigenvalue weighted by atomic mass is 16.5. The van der Waals surface area contributed by atoms with Gasteiger partial charge in [0.2, 0.25) is 5.88 Å². The van der Waals surface area contributed by atoms with Gasteiger partial charge >= 0.3 is 0 Å². The first-order valence-corrected chi connectivity index (χ1v) is 12.4. The number of likely N-dealkylation sites (tertiary alicyclic amines) is 1. The number of nitriles is 1. The lowest BCUT2D eigenvalue weighted by molar-refractivity contribution is 0.0937. The van der Waals surface area contributed by atoms with Crippen molar-refractivity contribution >= 4 is 5.91 Å². The largest absolute Gasteiger partial charge is 0.494 e. The summed E-state index contributed by atoms with van der Waals surface area (Å²) in [5.41, 5.74) is 3.29. The van der Waals surface area contributed by atoms with Crippen molar-refractivity contribution in [3.8, 4) is 17.7 Å². The van der Waals surface area contributed by atoms with Crippen LogP contribution in [0.25, 0.3) is 0 Å². The predicted molar refractivity (Wildman–Crippen MR) is 138 cm³/mol. The van der Waals surface area contributed by atoms with Crippen molar-refractivity contribution in [1.82, 2.24) is 15.2 Å². The number of nitrogens with zero attached hydrogens (tertiary/aromatic N) is 3. The summed E-state index contributed by atoms with van der Waals surface area (Å²) >= 11 is 0. The molecule has 0 bridgehead atoms. The van der Waals surface area contributed by atoms with Gasteiger partial charge in [-0.05, 0) is 74.7 Å². The summed E-state index contributed by atoms with van der Waals surface area (Å²) in [6.45, 7) is 8.10. The lowest BCUT2D eigenvalue weighted by Crippen LogP contribution is -2.38. The number of rotatable bonds is 9. The van der Waals surface area contributed by atoms with E-state index in [1.54, 1.807) is 24.3 Å². The number of nitrogens with one attached hydrogen (secondary N) is 1. The molecule has 1 fully saturated rings. The SMILES string of the molecule is CCOc1ccc(C(c2ccc(OC(C)C)nc2)N2CC[C@@H](NC(=O)c3ccc(C#N)cc3)C2)cc1. The van der Waals surface area contributed by atoms with Gasteiger partial charge in [-0.1, -0.05) is 18.2 Å². The van der Waals surface area contributed by atoms with Gasteiger partial charge in [-0.25, -0.2) is 4.98 Å². The highest BCUT2D eigenvalue weighted by Gasteiger charge is 2.31. The quantitative estimate of drug-likeness (QED) is 0.472.